The van der Waals surface area contributed by atoms with E-state index in [9.17, 15) is 13.6 Å². The van der Waals surface area contributed by atoms with Crippen LogP contribution in [0.25, 0.3) is 11.3 Å². The van der Waals surface area contributed by atoms with Crippen molar-refractivity contribution in [3.05, 3.63) is 71.9 Å². The van der Waals surface area contributed by atoms with Gasteiger partial charge in [0.05, 0.1) is 11.6 Å². The number of H-pyrrole nitrogens is 1. The number of hydrogen-bond acceptors (Lipinski definition) is 3. The summed E-state index contributed by atoms with van der Waals surface area (Å²) in [5.41, 5.74) is 2.95. The number of aromatic amines is 1. The standard InChI is InChI=1S/C22H22F2N4O/c23-19-5-1-3-16(21(19)24)13-28-12-2-4-17(14-28)22(29)26-18-8-6-15(7-9-18)20-10-11-25-27-20/h1,3,5-11,17H,2,4,12-14H2,(H,25,27)(H,26,29). The van der Waals surface area contributed by atoms with Crippen LogP contribution in [0, 0.1) is 17.6 Å². The van der Waals surface area contributed by atoms with E-state index in [1.54, 1.807) is 12.3 Å². The number of nitrogens with zero attached hydrogens (tertiary/aromatic N) is 2. The van der Waals surface area contributed by atoms with Crippen molar-refractivity contribution in [3.8, 4) is 11.3 Å². The maximum atomic E-state index is 13.9. The molecule has 7 heteroatoms. The van der Waals surface area contributed by atoms with Crippen LogP contribution < -0.4 is 5.32 Å². The minimum absolute atomic E-state index is 0.0521. The highest BCUT2D eigenvalue weighted by Gasteiger charge is 2.26. The summed E-state index contributed by atoms with van der Waals surface area (Å²) in [5, 5.41) is 9.80. The number of halogens is 2. The Morgan fingerprint density at radius 3 is 2.76 bits per heavy atom. The quantitative estimate of drug-likeness (QED) is 0.679. The lowest BCUT2D eigenvalue weighted by Gasteiger charge is -2.32. The number of likely N-dealkylation sites (tertiary alicyclic amines) is 1. The van der Waals surface area contributed by atoms with Crippen LogP contribution in [-0.4, -0.2) is 34.1 Å². The zero-order valence-electron chi connectivity index (χ0n) is 15.9. The molecule has 1 aliphatic rings. The van der Waals surface area contributed by atoms with E-state index >= 15 is 0 Å². The van der Waals surface area contributed by atoms with Crippen LogP contribution in [0.15, 0.2) is 54.7 Å². The van der Waals surface area contributed by atoms with Gasteiger partial charge in [-0.05, 0) is 49.2 Å². The van der Waals surface area contributed by atoms with Gasteiger partial charge in [0.15, 0.2) is 11.6 Å². The lowest BCUT2D eigenvalue weighted by atomic mass is 9.96. The molecular weight excluding hydrogens is 374 g/mol. The first kappa shape index (κ1) is 19.3. The number of amides is 1. The van der Waals surface area contributed by atoms with Gasteiger partial charge in [0.25, 0.3) is 0 Å². The number of nitrogens with one attached hydrogen (secondary N) is 2. The minimum Gasteiger partial charge on any atom is -0.326 e. The summed E-state index contributed by atoms with van der Waals surface area (Å²) in [5.74, 6) is -1.89. The van der Waals surface area contributed by atoms with E-state index in [1.165, 1.54) is 6.07 Å². The Balaban J connectivity index is 1.36. The van der Waals surface area contributed by atoms with E-state index in [0.717, 1.165) is 42.4 Å². The first-order valence-electron chi connectivity index (χ1n) is 9.66. The summed E-state index contributed by atoms with van der Waals surface area (Å²) >= 11 is 0. The van der Waals surface area contributed by atoms with E-state index in [2.05, 4.69) is 15.5 Å². The molecule has 0 bridgehead atoms. The molecule has 1 fully saturated rings. The molecule has 1 aliphatic heterocycles. The molecule has 2 N–H and O–H groups in total. The fourth-order valence-corrected chi connectivity index (χ4v) is 3.72. The third kappa shape index (κ3) is 4.51. The summed E-state index contributed by atoms with van der Waals surface area (Å²) < 4.78 is 27.4. The number of piperidine rings is 1. The number of carbonyl (C=O) groups is 1. The summed E-state index contributed by atoms with van der Waals surface area (Å²) in [6.07, 6.45) is 3.31. The van der Waals surface area contributed by atoms with Crippen molar-refractivity contribution in [1.29, 1.82) is 0 Å². The third-order valence-corrected chi connectivity index (χ3v) is 5.27. The Morgan fingerprint density at radius 1 is 1.17 bits per heavy atom. The molecule has 1 aromatic heterocycles. The average Bonchev–Trinajstić information content (AvgIpc) is 3.27. The lowest BCUT2D eigenvalue weighted by Crippen LogP contribution is -2.40. The normalized spacial score (nSPS) is 17.2. The van der Waals surface area contributed by atoms with Crippen LogP contribution in [-0.2, 0) is 11.3 Å². The molecule has 1 unspecified atom stereocenters. The summed E-state index contributed by atoms with van der Waals surface area (Å²) in [6.45, 7) is 1.58. The number of anilines is 1. The molecule has 150 valence electrons. The summed E-state index contributed by atoms with van der Waals surface area (Å²) in [6, 6.07) is 13.6. The topological polar surface area (TPSA) is 61.0 Å². The average molecular weight is 396 g/mol. The van der Waals surface area contributed by atoms with Crippen molar-refractivity contribution in [3.63, 3.8) is 0 Å². The molecular formula is C22H22F2N4O. The first-order valence-corrected chi connectivity index (χ1v) is 9.66. The van der Waals surface area contributed by atoms with Gasteiger partial charge in [-0.1, -0.05) is 24.3 Å². The largest absolute Gasteiger partial charge is 0.326 e. The number of aromatic nitrogens is 2. The predicted octanol–water partition coefficient (Wildman–Crippen LogP) is 4.21. The monoisotopic (exact) mass is 396 g/mol. The Hall–Kier alpha value is -3.06. The summed E-state index contributed by atoms with van der Waals surface area (Å²) in [7, 11) is 0. The van der Waals surface area contributed by atoms with Crippen molar-refractivity contribution < 1.29 is 13.6 Å². The van der Waals surface area contributed by atoms with Crippen molar-refractivity contribution >= 4 is 11.6 Å². The molecule has 2 aromatic carbocycles. The van der Waals surface area contributed by atoms with Crippen molar-refractivity contribution in [2.24, 2.45) is 5.92 Å². The second-order valence-corrected chi connectivity index (χ2v) is 7.32. The van der Waals surface area contributed by atoms with Crippen LogP contribution in [0.5, 0.6) is 0 Å². The maximum Gasteiger partial charge on any atom is 0.228 e. The zero-order chi connectivity index (χ0) is 20.2. The Labute approximate surface area is 167 Å². The smallest absolute Gasteiger partial charge is 0.228 e. The van der Waals surface area contributed by atoms with E-state index in [0.29, 0.717) is 18.7 Å². The number of carbonyl (C=O) groups excluding carboxylic acids is 1. The SMILES string of the molecule is O=C(Nc1ccc(-c2ccn[nH]2)cc1)C1CCCN(Cc2cccc(F)c2F)C1. The minimum atomic E-state index is -0.840. The van der Waals surface area contributed by atoms with Gasteiger partial charge < -0.3 is 5.32 Å². The van der Waals surface area contributed by atoms with Gasteiger partial charge in [0.2, 0.25) is 5.91 Å². The van der Waals surface area contributed by atoms with Gasteiger partial charge in [0, 0.05) is 30.5 Å². The first-order chi connectivity index (χ1) is 14.1. The van der Waals surface area contributed by atoms with Crippen molar-refractivity contribution in [2.75, 3.05) is 18.4 Å². The van der Waals surface area contributed by atoms with Gasteiger partial charge in [0.1, 0.15) is 0 Å². The maximum absolute atomic E-state index is 13.9. The fraction of sp³-hybridized carbons (Fsp3) is 0.273. The molecule has 4 rings (SSSR count). The second kappa shape index (κ2) is 8.53. The van der Waals surface area contributed by atoms with Crippen LogP contribution in [0.3, 0.4) is 0 Å². The highest BCUT2D eigenvalue weighted by Crippen LogP contribution is 2.23. The van der Waals surface area contributed by atoms with Gasteiger partial charge in [-0.25, -0.2) is 8.78 Å². The van der Waals surface area contributed by atoms with Crippen LogP contribution >= 0.6 is 0 Å². The lowest BCUT2D eigenvalue weighted by molar-refractivity contribution is -0.121. The van der Waals surface area contributed by atoms with E-state index in [-0.39, 0.29) is 11.8 Å². The third-order valence-electron chi connectivity index (χ3n) is 5.27. The molecule has 0 saturated carbocycles. The number of hydrogen-bond donors (Lipinski definition) is 2. The van der Waals surface area contributed by atoms with E-state index < -0.39 is 11.6 Å². The Morgan fingerprint density at radius 2 is 2.00 bits per heavy atom. The van der Waals surface area contributed by atoms with Crippen LogP contribution in [0.2, 0.25) is 0 Å². The fourth-order valence-electron chi connectivity index (χ4n) is 3.72. The van der Waals surface area contributed by atoms with Crippen molar-refractivity contribution in [2.45, 2.75) is 19.4 Å². The van der Waals surface area contributed by atoms with Crippen LogP contribution in [0.4, 0.5) is 14.5 Å². The molecule has 5 nitrogen and oxygen atoms in total. The molecule has 0 radical (unpaired) electrons. The molecule has 0 aliphatic carbocycles. The second-order valence-electron chi connectivity index (χ2n) is 7.32. The molecule has 1 amide bonds. The summed E-state index contributed by atoms with van der Waals surface area (Å²) in [4.78, 5) is 14.7. The van der Waals surface area contributed by atoms with E-state index in [1.807, 2.05) is 35.2 Å². The molecule has 1 saturated heterocycles. The van der Waals surface area contributed by atoms with Crippen molar-refractivity contribution in [1.82, 2.24) is 15.1 Å². The van der Waals surface area contributed by atoms with E-state index in [4.69, 9.17) is 0 Å². The highest BCUT2D eigenvalue weighted by molar-refractivity contribution is 5.93. The van der Waals surface area contributed by atoms with Crippen LogP contribution in [0.1, 0.15) is 18.4 Å². The highest BCUT2D eigenvalue weighted by atomic mass is 19.2. The van der Waals surface area contributed by atoms with Gasteiger partial charge in [-0.15, -0.1) is 0 Å². The Kier molecular flexibility index (Phi) is 5.67. The Bertz CT molecular complexity index is 973. The van der Waals surface area contributed by atoms with Gasteiger partial charge in [-0.3, -0.25) is 14.8 Å². The predicted molar refractivity (Wildman–Crippen MR) is 107 cm³/mol. The molecule has 3 aromatic rings. The molecule has 0 spiro atoms. The molecule has 29 heavy (non-hydrogen) atoms. The molecule has 2 heterocycles. The molecule has 1 atom stereocenters. The number of benzene rings is 2. The van der Waals surface area contributed by atoms with Gasteiger partial charge >= 0.3 is 0 Å². The zero-order valence-corrected chi connectivity index (χ0v) is 15.9. The number of rotatable bonds is 5. The van der Waals surface area contributed by atoms with Gasteiger partial charge in [-0.2, -0.15) is 5.10 Å².